The number of anilines is 1. The molecule has 1 aliphatic carbocycles. The van der Waals surface area contributed by atoms with E-state index in [1.807, 2.05) is 0 Å². The Labute approximate surface area is 107 Å². The molecule has 0 bridgehead atoms. The van der Waals surface area contributed by atoms with E-state index in [1.54, 1.807) is 24.1 Å². The highest BCUT2D eigenvalue weighted by Gasteiger charge is 2.27. The molecule has 0 radical (unpaired) electrons. The van der Waals surface area contributed by atoms with Crippen LogP contribution in [-0.2, 0) is 4.79 Å². The van der Waals surface area contributed by atoms with Gasteiger partial charge in [0.2, 0.25) is 5.91 Å². The third-order valence-corrected chi connectivity index (χ3v) is 3.74. The number of hydrogen-bond donors (Lipinski definition) is 1. The van der Waals surface area contributed by atoms with Gasteiger partial charge in [0, 0.05) is 25.2 Å². The molecule has 1 saturated carbocycles. The maximum Gasteiger partial charge on any atom is 0.227 e. The zero-order chi connectivity index (χ0) is 13.1. The van der Waals surface area contributed by atoms with Crippen LogP contribution in [0.1, 0.15) is 25.7 Å². The number of hydrogen-bond acceptors (Lipinski definition) is 2. The van der Waals surface area contributed by atoms with E-state index >= 15 is 0 Å². The van der Waals surface area contributed by atoms with Crippen LogP contribution in [-0.4, -0.2) is 19.0 Å². The topological polar surface area (TPSA) is 46.3 Å². The molecule has 2 N–H and O–H groups in total. The summed E-state index contributed by atoms with van der Waals surface area (Å²) in [7, 11) is 1.72. The fraction of sp³-hybridized carbons (Fsp3) is 0.500. The van der Waals surface area contributed by atoms with E-state index < -0.39 is 0 Å². The molecule has 3 nitrogen and oxygen atoms in total. The molecule has 98 valence electrons. The number of carbonyl (C=O) groups is 1. The number of rotatable bonds is 3. The predicted molar refractivity (Wildman–Crippen MR) is 69.7 cm³/mol. The van der Waals surface area contributed by atoms with Gasteiger partial charge >= 0.3 is 0 Å². The molecule has 1 fully saturated rings. The first-order valence-corrected chi connectivity index (χ1v) is 6.35. The van der Waals surface area contributed by atoms with Gasteiger partial charge in [-0.2, -0.15) is 0 Å². The van der Waals surface area contributed by atoms with E-state index in [0.717, 1.165) is 19.3 Å². The Morgan fingerprint density at radius 3 is 2.61 bits per heavy atom. The van der Waals surface area contributed by atoms with Crippen molar-refractivity contribution in [2.75, 3.05) is 11.9 Å². The highest BCUT2D eigenvalue weighted by Crippen LogP contribution is 2.28. The number of carbonyl (C=O) groups excluding carboxylic acids is 1. The van der Waals surface area contributed by atoms with E-state index in [1.165, 1.54) is 12.1 Å². The van der Waals surface area contributed by atoms with Crippen molar-refractivity contribution in [3.05, 3.63) is 30.1 Å². The highest BCUT2D eigenvalue weighted by atomic mass is 19.1. The van der Waals surface area contributed by atoms with Gasteiger partial charge < -0.3 is 10.6 Å². The molecule has 1 aromatic carbocycles. The van der Waals surface area contributed by atoms with Crippen molar-refractivity contribution in [3.63, 3.8) is 0 Å². The molecule has 0 heterocycles. The Balaban J connectivity index is 1.98. The van der Waals surface area contributed by atoms with Gasteiger partial charge in [0.25, 0.3) is 0 Å². The summed E-state index contributed by atoms with van der Waals surface area (Å²) in [6.07, 6.45) is 3.64. The van der Waals surface area contributed by atoms with Crippen molar-refractivity contribution in [1.82, 2.24) is 0 Å². The molecule has 18 heavy (non-hydrogen) atoms. The average molecular weight is 250 g/mol. The molecule has 0 spiro atoms. The average Bonchev–Trinajstić information content (AvgIpc) is 2.75. The van der Waals surface area contributed by atoms with Crippen molar-refractivity contribution in [2.24, 2.45) is 11.7 Å². The van der Waals surface area contributed by atoms with Crippen molar-refractivity contribution in [1.29, 1.82) is 0 Å². The van der Waals surface area contributed by atoms with Crippen LogP contribution in [0.25, 0.3) is 0 Å². The summed E-state index contributed by atoms with van der Waals surface area (Å²) in [6, 6.07) is 6.10. The maximum atomic E-state index is 12.8. The van der Waals surface area contributed by atoms with Crippen LogP contribution in [0.4, 0.5) is 10.1 Å². The van der Waals surface area contributed by atoms with Gasteiger partial charge in [-0.15, -0.1) is 0 Å². The minimum Gasteiger partial charge on any atom is -0.327 e. The summed E-state index contributed by atoms with van der Waals surface area (Å²) >= 11 is 0. The van der Waals surface area contributed by atoms with E-state index in [9.17, 15) is 9.18 Å². The second-order valence-corrected chi connectivity index (χ2v) is 4.99. The smallest absolute Gasteiger partial charge is 0.227 e. The number of amides is 1. The molecule has 2 atom stereocenters. The fourth-order valence-corrected chi connectivity index (χ4v) is 2.49. The zero-order valence-electron chi connectivity index (χ0n) is 10.6. The Hall–Kier alpha value is -1.42. The predicted octanol–water partition coefficient (Wildman–Crippen LogP) is 2.31. The first-order chi connectivity index (χ1) is 8.58. The number of nitrogens with two attached hydrogens (primary N) is 1. The van der Waals surface area contributed by atoms with Gasteiger partial charge in [0.05, 0.1) is 0 Å². The van der Waals surface area contributed by atoms with Crippen LogP contribution in [0.5, 0.6) is 0 Å². The Kier molecular flexibility index (Phi) is 3.97. The molecular weight excluding hydrogens is 231 g/mol. The number of benzene rings is 1. The van der Waals surface area contributed by atoms with Crippen LogP contribution in [0, 0.1) is 11.7 Å². The lowest BCUT2D eigenvalue weighted by atomic mass is 9.99. The van der Waals surface area contributed by atoms with Crippen molar-refractivity contribution in [3.8, 4) is 0 Å². The van der Waals surface area contributed by atoms with Crippen molar-refractivity contribution >= 4 is 11.6 Å². The maximum absolute atomic E-state index is 12.8. The van der Waals surface area contributed by atoms with E-state index in [2.05, 4.69) is 0 Å². The van der Waals surface area contributed by atoms with E-state index in [-0.39, 0.29) is 17.8 Å². The third kappa shape index (κ3) is 2.88. The quantitative estimate of drug-likeness (QED) is 0.894. The van der Waals surface area contributed by atoms with Gasteiger partial charge in [-0.05, 0) is 43.0 Å². The molecule has 1 amide bonds. The molecular formula is C14H19FN2O. The van der Waals surface area contributed by atoms with Crippen LogP contribution in [0.2, 0.25) is 0 Å². The molecule has 4 heteroatoms. The van der Waals surface area contributed by atoms with Gasteiger partial charge in [0.15, 0.2) is 0 Å². The Morgan fingerprint density at radius 1 is 1.39 bits per heavy atom. The molecule has 1 aromatic rings. The highest BCUT2D eigenvalue weighted by molar-refractivity contribution is 5.92. The number of nitrogens with zero attached hydrogens (tertiary/aromatic N) is 1. The fourth-order valence-electron chi connectivity index (χ4n) is 2.49. The summed E-state index contributed by atoms with van der Waals surface area (Å²) in [6.45, 7) is 0. The molecule has 2 rings (SSSR count). The first kappa shape index (κ1) is 13.0. The summed E-state index contributed by atoms with van der Waals surface area (Å²) in [5.41, 5.74) is 6.68. The molecule has 0 saturated heterocycles. The van der Waals surface area contributed by atoms with Gasteiger partial charge in [-0.25, -0.2) is 4.39 Å². The normalized spacial score (nSPS) is 23.1. The van der Waals surface area contributed by atoms with Crippen LogP contribution in [0.15, 0.2) is 24.3 Å². The zero-order valence-corrected chi connectivity index (χ0v) is 10.6. The first-order valence-electron chi connectivity index (χ1n) is 6.35. The molecule has 0 aromatic heterocycles. The lowest BCUT2D eigenvalue weighted by molar-refractivity contribution is -0.119. The molecule has 0 aliphatic heterocycles. The van der Waals surface area contributed by atoms with Crippen LogP contribution < -0.4 is 10.6 Å². The summed E-state index contributed by atoms with van der Waals surface area (Å²) < 4.78 is 12.8. The molecule has 0 unspecified atom stereocenters. The summed E-state index contributed by atoms with van der Waals surface area (Å²) in [5.74, 6) is 0.0433. The second kappa shape index (κ2) is 5.48. The van der Waals surface area contributed by atoms with Crippen molar-refractivity contribution < 1.29 is 9.18 Å². The lowest BCUT2D eigenvalue weighted by Gasteiger charge is -2.21. The monoisotopic (exact) mass is 250 g/mol. The van der Waals surface area contributed by atoms with Crippen LogP contribution >= 0.6 is 0 Å². The Bertz CT molecular complexity index is 418. The summed E-state index contributed by atoms with van der Waals surface area (Å²) in [5, 5.41) is 0. The number of halogens is 1. The van der Waals surface area contributed by atoms with Gasteiger partial charge in [-0.1, -0.05) is 6.42 Å². The van der Waals surface area contributed by atoms with E-state index in [4.69, 9.17) is 5.73 Å². The Morgan fingerprint density at radius 2 is 2.06 bits per heavy atom. The lowest BCUT2D eigenvalue weighted by Crippen LogP contribution is -2.32. The SMILES string of the molecule is CN(C(=O)C[C@@H]1CCC[C@H]1N)c1ccc(F)cc1. The summed E-state index contributed by atoms with van der Waals surface area (Å²) in [4.78, 5) is 13.7. The van der Waals surface area contributed by atoms with E-state index in [0.29, 0.717) is 18.0 Å². The van der Waals surface area contributed by atoms with Gasteiger partial charge in [-0.3, -0.25) is 4.79 Å². The minimum absolute atomic E-state index is 0.0453. The minimum atomic E-state index is -0.294. The molecule has 1 aliphatic rings. The second-order valence-electron chi connectivity index (χ2n) is 4.99. The van der Waals surface area contributed by atoms with Crippen molar-refractivity contribution in [2.45, 2.75) is 31.7 Å². The largest absolute Gasteiger partial charge is 0.327 e. The third-order valence-electron chi connectivity index (χ3n) is 3.74. The van der Waals surface area contributed by atoms with Gasteiger partial charge in [0.1, 0.15) is 5.82 Å². The standard InChI is InChI=1S/C14H19FN2O/c1-17(12-7-5-11(15)6-8-12)14(18)9-10-3-2-4-13(10)16/h5-8,10,13H,2-4,9,16H2,1H3/t10-,13+/m0/s1. The van der Waals surface area contributed by atoms with Crippen LogP contribution in [0.3, 0.4) is 0 Å².